The van der Waals surface area contributed by atoms with Gasteiger partial charge in [0.25, 0.3) is 5.24 Å². The Morgan fingerprint density at radius 1 is 1.29 bits per heavy atom. The Labute approximate surface area is 87.2 Å². The zero-order valence-electron chi connectivity index (χ0n) is 7.50. The van der Waals surface area contributed by atoms with Crippen LogP contribution in [-0.4, -0.2) is 11.0 Å². The fourth-order valence-electron chi connectivity index (χ4n) is 1.14. The molecule has 2 nitrogen and oxygen atoms in total. The van der Waals surface area contributed by atoms with Crippen molar-refractivity contribution in [3.8, 4) is 0 Å². The van der Waals surface area contributed by atoms with E-state index in [1.54, 1.807) is 18.2 Å². The Morgan fingerprint density at radius 2 is 1.86 bits per heavy atom. The molecule has 1 aromatic carbocycles. The molecule has 72 valence electrons. The highest BCUT2D eigenvalue weighted by molar-refractivity contribution is 6.68. The average Bonchev–Trinajstić information content (AvgIpc) is 2.18. The lowest BCUT2D eigenvalue weighted by atomic mass is 10.0. The number of allylic oxidation sites excluding steroid dienone is 1. The fraction of sp³-hybridized carbons (Fsp3) is 0.0909. The van der Waals surface area contributed by atoms with Gasteiger partial charge in [-0.3, -0.25) is 9.59 Å². The highest BCUT2D eigenvalue weighted by atomic mass is 35.5. The SMILES string of the molecule is C=CCC(=O)c1ccccc1C(=O)Cl. The van der Waals surface area contributed by atoms with Crippen molar-refractivity contribution in [1.82, 2.24) is 0 Å². The molecule has 0 fully saturated rings. The first kappa shape index (κ1) is 10.7. The van der Waals surface area contributed by atoms with Crippen molar-refractivity contribution in [2.75, 3.05) is 0 Å². The van der Waals surface area contributed by atoms with Gasteiger partial charge in [0.2, 0.25) is 0 Å². The minimum atomic E-state index is -0.613. The van der Waals surface area contributed by atoms with Crippen molar-refractivity contribution in [2.24, 2.45) is 0 Å². The van der Waals surface area contributed by atoms with Gasteiger partial charge in [0.15, 0.2) is 5.78 Å². The number of benzene rings is 1. The van der Waals surface area contributed by atoms with Gasteiger partial charge in [-0.2, -0.15) is 0 Å². The number of rotatable bonds is 4. The molecule has 14 heavy (non-hydrogen) atoms. The molecule has 0 amide bonds. The predicted octanol–water partition coefficient (Wildman–Crippen LogP) is 2.82. The van der Waals surface area contributed by atoms with Gasteiger partial charge in [0.1, 0.15) is 0 Å². The molecule has 0 aliphatic heterocycles. The van der Waals surface area contributed by atoms with E-state index in [1.807, 2.05) is 0 Å². The standard InChI is InChI=1S/C11H9ClO2/c1-2-5-10(13)8-6-3-4-7-9(8)11(12)14/h2-4,6-7H,1,5H2. The van der Waals surface area contributed by atoms with Crippen LogP contribution in [0.2, 0.25) is 0 Å². The van der Waals surface area contributed by atoms with Gasteiger partial charge >= 0.3 is 0 Å². The minimum Gasteiger partial charge on any atom is -0.294 e. The summed E-state index contributed by atoms with van der Waals surface area (Å²) in [6, 6.07) is 6.48. The van der Waals surface area contributed by atoms with E-state index in [0.29, 0.717) is 5.56 Å². The maximum Gasteiger partial charge on any atom is 0.253 e. The number of ketones is 1. The van der Waals surface area contributed by atoms with Crippen molar-refractivity contribution >= 4 is 22.6 Å². The molecule has 0 saturated carbocycles. The summed E-state index contributed by atoms with van der Waals surface area (Å²) >= 11 is 5.34. The maximum atomic E-state index is 11.5. The van der Waals surface area contributed by atoms with Gasteiger partial charge in [-0.25, -0.2) is 0 Å². The summed E-state index contributed by atoms with van der Waals surface area (Å²) in [5.41, 5.74) is 0.605. The van der Waals surface area contributed by atoms with Gasteiger partial charge in [-0.15, -0.1) is 6.58 Å². The number of halogens is 1. The first-order chi connectivity index (χ1) is 6.66. The first-order valence-electron chi connectivity index (χ1n) is 4.09. The zero-order chi connectivity index (χ0) is 10.6. The average molecular weight is 209 g/mol. The van der Waals surface area contributed by atoms with Gasteiger partial charge in [0.05, 0.1) is 0 Å². The van der Waals surface area contributed by atoms with Crippen molar-refractivity contribution in [2.45, 2.75) is 6.42 Å². The van der Waals surface area contributed by atoms with Crippen LogP contribution < -0.4 is 0 Å². The second kappa shape index (κ2) is 4.72. The van der Waals surface area contributed by atoms with Crippen LogP contribution in [0.1, 0.15) is 27.1 Å². The Hall–Kier alpha value is -1.41. The van der Waals surface area contributed by atoms with Crippen molar-refractivity contribution in [3.05, 3.63) is 48.0 Å². The molecule has 0 aromatic heterocycles. The zero-order valence-corrected chi connectivity index (χ0v) is 8.25. The molecule has 0 radical (unpaired) electrons. The molecule has 0 heterocycles. The molecule has 0 bridgehead atoms. The second-order valence-electron chi connectivity index (χ2n) is 2.74. The Morgan fingerprint density at radius 3 is 2.36 bits per heavy atom. The van der Waals surface area contributed by atoms with E-state index >= 15 is 0 Å². The first-order valence-corrected chi connectivity index (χ1v) is 4.47. The number of hydrogen-bond acceptors (Lipinski definition) is 2. The maximum absolute atomic E-state index is 11.5. The van der Waals surface area contributed by atoms with E-state index < -0.39 is 5.24 Å². The highest BCUT2D eigenvalue weighted by Crippen LogP contribution is 2.13. The van der Waals surface area contributed by atoms with Crippen LogP contribution in [0.25, 0.3) is 0 Å². The monoisotopic (exact) mass is 208 g/mol. The molecule has 1 aromatic rings. The normalized spacial score (nSPS) is 9.50. The lowest BCUT2D eigenvalue weighted by Gasteiger charge is -2.02. The molecule has 0 atom stereocenters. The van der Waals surface area contributed by atoms with Gasteiger partial charge in [-0.1, -0.05) is 24.3 Å². The van der Waals surface area contributed by atoms with Gasteiger partial charge in [-0.05, 0) is 17.7 Å². The summed E-state index contributed by atoms with van der Waals surface area (Å²) in [5.74, 6) is -0.149. The van der Waals surface area contributed by atoms with Crippen LogP contribution >= 0.6 is 11.6 Å². The predicted molar refractivity (Wildman–Crippen MR) is 55.8 cm³/mol. The van der Waals surface area contributed by atoms with E-state index in [9.17, 15) is 9.59 Å². The molecule has 0 saturated heterocycles. The molecule has 1 rings (SSSR count). The molecular weight excluding hydrogens is 200 g/mol. The van der Waals surface area contributed by atoms with E-state index in [0.717, 1.165) is 0 Å². The molecule has 0 N–H and O–H groups in total. The third-order valence-corrected chi connectivity index (χ3v) is 1.97. The summed E-state index contributed by atoms with van der Waals surface area (Å²) in [7, 11) is 0. The van der Waals surface area contributed by atoms with Crippen LogP contribution in [0.5, 0.6) is 0 Å². The fourth-order valence-corrected chi connectivity index (χ4v) is 1.30. The molecule has 0 unspecified atom stereocenters. The second-order valence-corrected chi connectivity index (χ2v) is 3.08. The minimum absolute atomic E-state index is 0.149. The summed E-state index contributed by atoms with van der Waals surface area (Å²) in [5, 5.41) is -0.613. The number of Topliss-reactive ketones (excluding diaryl/α,β-unsaturated/α-hetero) is 1. The van der Waals surface area contributed by atoms with E-state index in [-0.39, 0.29) is 17.8 Å². The quantitative estimate of drug-likeness (QED) is 0.433. The summed E-state index contributed by atoms with van der Waals surface area (Å²) in [4.78, 5) is 22.5. The molecule has 0 aliphatic carbocycles. The van der Waals surface area contributed by atoms with Crippen LogP contribution in [-0.2, 0) is 0 Å². The lowest BCUT2D eigenvalue weighted by molar-refractivity contribution is 0.0985. The lowest BCUT2D eigenvalue weighted by Crippen LogP contribution is -2.04. The van der Waals surface area contributed by atoms with Crippen LogP contribution in [0.3, 0.4) is 0 Å². The molecule has 0 aliphatic rings. The van der Waals surface area contributed by atoms with Crippen molar-refractivity contribution < 1.29 is 9.59 Å². The summed E-state index contributed by atoms with van der Waals surface area (Å²) in [6.45, 7) is 3.46. The van der Waals surface area contributed by atoms with Crippen molar-refractivity contribution in [1.29, 1.82) is 0 Å². The van der Waals surface area contributed by atoms with E-state index in [2.05, 4.69) is 6.58 Å². The largest absolute Gasteiger partial charge is 0.294 e. The van der Waals surface area contributed by atoms with Crippen molar-refractivity contribution in [3.63, 3.8) is 0 Å². The van der Waals surface area contributed by atoms with E-state index in [4.69, 9.17) is 11.6 Å². The van der Waals surface area contributed by atoms with E-state index in [1.165, 1.54) is 12.1 Å². The molecule has 0 spiro atoms. The van der Waals surface area contributed by atoms with Gasteiger partial charge < -0.3 is 0 Å². The Balaban J connectivity index is 3.12. The third-order valence-electron chi connectivity index (χ3n) is 1.77. The number of carbonyl (C=O) groups excluding carboxylic acids is 2. The Kier molecular flexibility index (Phi) is 3.60. The topological polar surface area (TPSA) is 34.1 Å². The summed E-state index contributed by atoms with van der Waals surface area (Å²) in [6.07, 6.45) is 1.71. The number of hydrogen-bond donors (Lipinski definition) is 0. The third kappa shape index (κ3) is 2.30. The molecular formula is C11H9ClO2. The number of carbonyl (C=O) groups is 2. The van der Waals surface area contributed by atoms with Crippen LogP contribution in [0.15, 0.2) is 36.9 Å². The van der Waals surface area contributed by atoms with Crippen LogP contribution in [0.4, 0.5) is 0 Å². The smallest absolute Gasteiger partial charge is 0.253 e. The van der Waals surface area contributed by atoms with Crippen LogP contribution in [0, 0.1) is 0 Å². The highest BCUT2D eigenvalue weighted by Gasteiger charge is 2.13. The summed E-state index contributed by atoms with van der Waals surface area (Å²) < 4.78 is 0. The molecule has 3 heteroatoms. The Bertz CT molecular complexity index is 383. The van der Waals surface area contributed by atoms with Gasteiger partial charge in [0, 0.05) is 17.5 Å².